The van der Waals surface area contributed by atoms with Crippen molar-refractivity contribution < 1.29 is 14.3 Å². The maximum Gasteiger partial charge on any atom is 0.225 e. The lowest BCUT2D eigenvalue weighted by molar-refractivity contribution is -0.138. The van der Waals surface area contributed by atoms with Crippen LogP contribution in [-0.4, -0.2) is 76.9 Å². The first-order valence-electron chi connectivity index (χ1n) is 10.9. The fraction of sp³-hybridized carbons (Fsp3) is 0.591. The van der Waals surface area contributed by atoms with Gasteiger partial charge in [0.15, 0.2) is 0 Å². The second kappa shape index (κ2) is 9.57. The van der Waals surface area contributed by atoms with Crippen molar-refractivity contribution in [3.05, 3.63) is 35.8 Å². The second-order valence-corrected chi connectivity index (χ2v) is 8.30. The molecule has 0 aromatic carbocycles. The molecule has 8 heteroatoms. The molecule has 2 saturated heterocycles. The topological polar surface area (TPSA) is 79.2 Å². The van der Waals surface area contributed by atoms with E-state index in [0.717, 1.165) is 56.2 Å². The molecule has 0 spiro atoms. The molecule has 4 rings (SSSR count). The maximum atomic E-state index is 12.7. The molecule has 0 saturated carbocycles. The average Bonchev–Trinajstić information content (AvgIpc) is 3.16. The van der Waals surface area contributed by atoms with Crippen LogP contribution in [0.5, 0.6) is 0 Å². The first-order chi connectivity index (χ1) is 14.6. The van der Waals surface area contributed by atoms with E-state index in [4.69, 9.17) is 4.74 Å². The average molecular weight is 414 g/mol. The van der Waals surface area contributed by atoms with E-state index in [1.165, 1.54) is 0 Å². The van der Waals surface area contributed by atoms with Gasteiger partial charge in [-0.1, -0.05) is 6.07 Å². The van der Waals surface area contributed by atoms with Crippen molar-refractivity contribution in [2.75, 3.05) is 45.9 Å². The summed E-state index contributed by atoms with van der Waals surface area (Å²) in [5.41, 5.74) is 2.87. The largest absolute Gasteiger partial charge is 0.379 e. The van der Waals surface area contributed by atoms with Gasteiger partial charge in [0.25, 0.3) is 0 Å². The highest BCUT2D eigenvalue weighted by Crippen LogP contribution is 2.18. The molecule has 0 bridgehead atoms. The van der Waals surface area contributed by atoms with Crippen LogP contribution in [0.15, 0.2) is 24.5 Å². The summed E-state index contributed by atoms with van der Waals surface area (Å²) in [7, 11) is 0. The zero-order chi connectivity index (χ0) is 20.9. The second-order valence-electron chi connectivity index (χ2n) is 8.30. The Labute approximate surface area is 177 Å². The van der Waals surface area contributed by atoms with Gasteiger partial charge in [0.2, 0.25) is 11.8 Å². The minimum atomic E-state index is -0.148. The minimum Gasteiger partial charge on any atom is -0.379 e. The van der Waals surface area contributed by atoms with Crippen LogP contribution in [-0.2, 0) is 20.9 Å². The van der Waals surface area contributed by atoms with E-state index in [9.17, 15) is 9.59 Å². The number of pyridine rings is 1. The molecule has 0 aliphatic carbocycles. The number of carbonyl (C=O) groups is 2. The number of piperidine rings is 1. The molecule has 2 aliphatic heterocycles. The van der Waals surface area contributed by atoms with E-state index in [2.05, 4.69) is 15.2 Å². The molecule has 1 N–H and O–H groups in total. The third kappa shape index (κ3) is 5.17. The Hall–Kier alpha value is -2.45. The van der Waals surface area contributed by atoms with Gasteiger partial charge in [0.1, 0.15) is 5.65 Å². The number of ether oxygens (including phenoxy) is 1. The Morgan fingerprint density at radius 2 is 2.07 bits per heavy atom. The number of amides is 2. The molecule has 2 fully saturated rings. The maximum absolute atomic E-state index is 12.7. The van der Waals surface area contributed by atoms with Gasteiger partial charge in [-0.15, -0.1) is 0 Å². The third-order valence-electron chi connectivity index (χ3n) is 5.97. The number of hydrogen-bond acceptors (Lipinski definition) is 5. The van der Waals surface area contributed by atoms with Crippen LogP contribution in [0.1, 0.15) is 30.5 Å². The van der Waals surface area contributed by atoms with Gasteiger partial charge in [-0.2, -0.15) is 0 Å². The number of likely N-dealkylation sites (tertiary alicyclic amines) is 1. The fourth-order valence-electron chi connectivity index (χ4n) is 4.22. The first kappa shape index (κ1) is 20.8. The number of aromatic nitrogens is 2. The zero-order valence-electron chi connectivity index (χ0n) is 17.7. The molecule has 2 amide bonds. The zero-order valence-corrected chi connectivity index (χ0v) is 17.7. The van der Waals surface area contributed by atoms with Gasteiger partial charge >= 0.3 is 0 Å². The van der Waals surface area contributed by atoms with E-state index in [1.54, 1.807) is 0 Å². The Bertz CT molecular complexity index is 890. The van der Waals surface area contributed by atoms with Crippen LogP contribution in [0.25, 0.3) is 5.65 Å². The molecule has 4 heterocycles. The van der Waals surface area contributed by atoms with Gasteiger partial charge in [-0.25, -0.2) is 4.98 Å². The number of hydrogen-bond donors (Lipinski definition) is 1. The standard InChI is InChI=1S/C22H31N5O3/c1-17-3-5-20-24-19(16-27(20)14-17)13-23-22(29)18-4-6-21(28)26(15-18)8-2-7-25-9-11-30-12-10-25/h3,5,14,16,18H,2,4,6-13,15H2,1H3,(H,23,29)/t18-/m1/s1. The third-order valence-corrected chi connectivity index (χ3v) is 5.97. The van der Waals surface area contributed by atoms with Gasteiger partial charge in [-0.3, -0.25) is 14.5 Å². The lowest BCUT2D eigenvalue weighted by Gasteiger charge is -2.33. The lowest BCUT2D eigenvalue weighted by atomic mass is 9.96. The molecular formula is C22H31N5O3. The highest BCUT2D eigenvalue weighted by atomic mass is 16.5. The van der Waals surface area contributed by atoms with Crippen molar-refractivity contribution in [1.29, 1.82) is 0 Å². The van der Waals surface area contributed by atoms with Crippen LogP contribution in [0.3, 0.4) is 0 Å². The van der Waals surface area contributed by atoms with Crippen LogP contribution in [0.2, 0.25) is 0 Å². The van der Waals surface area contributed by atoms with Gasteiger partial charge in [0.05, 0.1) is 31.4 Å². The number of rotatable bonds is 7. The summed E-state index contributed by atoms with van der Waals surface area (Å²) in [5, 5.41) is 3.01. The molecule has 0 unspecified atom stereocenters. The number of carbonyl (C=O) groups excluding carboxylic acids is 2. The molecule has 30 heavy (non-hydrogen) atoms. The minimum absolute atomic E-state index is 0.00826. The Morgan fingerprint density at radius 3 is 2.90 bits per heavy atom. The number of nitrogens with zero attached hydrogens (tertiary/aromatic N) is 4. The Morgan fingerprint density at radius 1 is 1.23 bits per heavy atom. The highest BCUT2D eigenvalue weighted by molar-refractivity contribution is 5.83. The number of fused-ring (bicyclic) bond motifs is 1. The molecule has 2 aromatic heterocycles. The van der Waals surface area contributed by atoms with Crippen molar-refractivity contribution in [1.82, 2.24) is 24.5 Å². The van der Waals surface area contributed by atoms with Crippen LogP contribution in [0.4, 0.5) is 0 Å². The van der Waals surface area contributed by atoms with Crippen molar-refractivity contribution in [3.8, 4) is 0 Å². The van der Waals surface area contributed by atoms with Crippen LogP contribution in [0, 0.1) is 12.8 Å². The lowest BCUT2D eigenvalue weighted by Crippen LogP contribution is -2.46. The molecule has 1 atom stereocenters. The first-order valence-corrected chi connectivity index (χ1v) is 10.9. The SMILES string of the molecule is Cc1ccc2nc(CNC(=O)[C@@H]3CCC(=O)N(CCCN4CCOCC4)C3)cn2c1. The number of nitrogens with one attached hydrogen (secondary N) is 1. The van der Waals surface area contributed by atoms with E-state index in [1.807, 2.05) is 40.8 Å². The quantitative estimate of drug-likeness (QED) is 0.738. The van der Waals surface area contributed by atoms with Crippen molar-refractivity contribution in [2.45, 2.75) is 32.7 Å². The van der Waals surface area contributed by atoms with Crippen LogP contribution >= 0.6 is 0 Å². The Balaban J connectivity index is 1.25. The molecule has 2 aliphatic rings. The molecule has 8 nitrogen and oxygen atoms in total. The predicted octanol–water partition coefficient (Wildman–Crippen LogP) is 1.22. The summed E-state index contributed by atoms with van der Waals surface area (Å²) in [6.07, 6.45) is 5.97. The summed E-state index contributed by atoms with van der Waals surface area (Å²) >= 11 is 0. The molecule has 0 radical (unpaired) electrons. The number of morpholine rings is 1. The molecule has 162 valence electrons. The van der Waals surface area contributed by atoms with E-state index >= 15 is 0 Å². The predicted molar refractivity (Wildman–Crippen MR) is 113 cm³/mol. The summed E-state index contributed by atoms with van der Waals surface area (Å²) in [6, 6.07) is 4.00. The fourth-order valence-corrected chi connectivity index (χ4v) is 4.22. The molecule has 2 aromatic rings. The monoisotopic (exact) mass is 413 g/mol. The normalized spacial score (nSPS) is 20.6. The summed E-state index contributed by atoms with van der Waals surface area (Å²) in [5.74, 6) is 0.0241. The summed E-state index contributed by atoms with van der Waals surface area (Å²) < 4.78 is 7.35. The summed E-state index contributed by atoms with van der Waals surface area (Å²) in [6.45, 7) is 8.14. The van der Waals surface area contributed by atoms with E-state index in [-0.39, 0.29) is 17.7 Å². The van der Waals surface area contributed by atoms with Crippen molar-refractivity contribution in [2.24, 2.45) is 5.92 Å². The smallest absolute Gasteiger partial charge is 0.225 e. The summed E-state index contributed by atoms with van der Waals surface area (Å²) in [4.78, 5) is 33.8. The van der Waals surface area contributed by atoms with Crippen LogP contribution < -0.4 is 5.32 Å². The van der Waals surface area contributed by atoms with Gasteiger partial charge < -0.3 is 19.4 Å². The highest BCUT2D eigenvalue weighted by Gasteiger charge is 2.30. The van der Waals surface area contributed by atoms with E-state index in [0.29, 0.717) is 32.5 Å². The van der Waals surface area contributed by atoms with Crippen molar-refractivity contribution >= 4 is 17.5 Å². The Kier molecular flexibility index (Phi) is 6.64. The van der Waals surface area contributed by atoms with E-state index < -0.39 is 0 Å². The number of imidazole rings is 1. The van der Waals surface area contributed by atoms with Crippen molar-refractivity contribution in [3.63, 3.8) is 0 Å². The van der Waals surface area contributed by atoms with Gasteiger partial charge in [-0.05, 0) is 31.4 Å². The van der Waals surface area contributed by atoms with Gasteiger partial charge in [0, 0.05) is 51.5 Å². The number of aryl methyl sites for hydroxylation is 1. The molecular weight excluding hydrogens is 382 g/mol.